The molecule has 0 bridgehead atoms. The molecule has 0 aliphatic carbocycles. The summed E-state index contributed by atoms with van der Waals surface area (Å²) in [4.78, 5) is 137. The van der Waals surface area contributed by atoms with Crippen LogP contribution in [0, 0.1) is 0 Å². The molecule has 1 aliphatic heterocycles. The molecular weight excluding hydrogens is 792 g/mol. The molecule has 0 spiro atoms. The van der Waals surface area contributed by atoms with Gasteiger partial charge in [0.1, 0.15) is 13.2 Å². The van der Waals surface area contributed by atoms with E-state index in [0.717, 1.165) is 15.4 Å². The predicted octanol–water partition coefficient (Wildman–Crippen LogP) is -1.62. The Morgan fingerprint density at radius 2 is 1.05 bits per heavy atom. The number of carbonyl (C=O) groups excluding carboxylic acids is 7. The number of anilines is 1. The fraction of sp³-hybridized carbons (Fsp3) is 0.514. The van der Waals surface area contributed by atoms with Gasteiger partial charge in [-0.3, -0.25) is 53.0 Å². The maximum atomic E-state index is 13.3. The molecule has 1 aliphatic rings. The van der Waals surface area contributed by atoms with E-state index in [1.807, 2.05) is 0 Å². The lowest BCUT2D eigenvalue weighted by Gasteiger charge is -2.28. The van der Waals surface area contributed by atoms with Crippen molar-refractivity contribution in [2.24, 2.45) is 0 Å². The first-order valence-corrected chi connectivity index (χ1v) is 18.0. The van der Waals surface area contributed by atoms with Crippen LogP contribution in [0.5, 0.6) is 0 Å². The number of urea groups is 1. The molecule has 2 rings (SSSR count). The fourth-order valence-electron chi connectivity index (χ4n) is 5.10. The summed E-state index contributed by atoms with van der Waals surface area (Å²) < 4.78 is 9.77. The average molecular weight is 839 g/mol. The molecule has 24 nitrogen and oxygen atoms in total. The molecule has 0 radical (unpaired) electrons. The second kappa shape index (κ2) is 25.5. The molecule has 324 valence electrons. The van der Waals surface area contributed by atoms with Crippen molar-refractivity contribution in [3.05, 3.63) is 29.8 Å². The van der Waals surface area contributed by atoms with E-state index in [1.165, 1.54) is 4.90 Å². The van der Waals surface area contributed by atoms with Crippen LogP contribution in [0.3, 0.4) is 0 Å². The van der Waals surface area contributed by atoms with Gasteiger partial charge in [-0.05, 0) is 24.1 Å². The summed E-state index contributed by atoms with van der Waals surface area (Å²) in [6.07, 6.45) is -1.11. The molecule has 1 aromatic rings. The number of hydrogen-bond donors (Lipinski definition) is 6. The Labute approximate surface area is 335 Å². The van der Waals surface area contributed by atoms with Crippen molar-refractivity contribution in [1.82, 2.24) is 25.1 Å². The molecule has 5 amide bonds. The Bertz CT molecular complexity index is 1620. The van der Waals surface area contributed by atoms with Crippen molar-refractivity contribution in [2.75, 3.05) is 77.4 Å². The SMILES string of the molecule is O=C(O)CN(CCN(CCN(CC(=O)O)CC(=O)O)C(=O)Nc1ccc(CCNC(=O)CCC(=O)OCCOC(=O)CCC(=O)ON2C(=O)CCC2=O)cc1)CC(=O)O. The number of imide groups is 1. The van der Waals surface area contributed by atoms with E-state index in [-0.39, 0.29) is 71.6 Å². The zero-order valence-corrected chi connectivity index (χ0v) is 31.8. The van der Waals surface area contributed by atoms with Crippen molar-refractivity contribution in [3.8, 4) is 0 Å². The summed E-state index contributed by atoms with van der Waals surface area (Å²) in [6.45, 7) is -3.73. The summed E-state index contributed by atoms with van der Waals surface area (Å²) >= 11 is 0. The van der Waals surface area contributed by atoms with E-state index in [1.54, 1.807) is 24.3 Å². The van der Waals surface area contributed by atoms with E-state index in [4.69, 9.17) is 29.9 Å². The minimum Gasteiger partial charge on any atom is -0.480 e. The van der Waals surface area contributed by atoms with Crippen LogP contribution < -0.4 is 10.6 Å². The van der Waals surface area contributed by atoms with Gasteiger partial charge < -0.3 is 50.3 Å². The summed E-state index contributed by atoms with van der Waals surface area (Å²) in [5, 5.41) is 42.2. The Hall–Kier alpha value is -6.69. The maximum Gasteiger partial charge on any atom is 0.333 e. The van der Waals surface area contributed by atoms with Crippen molar-refractivity contribution >= 4 is 71.2 Å². The molecule has 6 N–H and O–H groups in total. The summed E-state index contributed by atoms with van der Waals surface area (Å²) in [6, 6.07) is 5.71. The number of rotatable bonds is 28. The molecule has 1 fully saturated rings. The van der Waals surface area contributed by atoms with E-state index < -0.39 is 105 Å². The predicted molar refractivity (Wildman–Crippen MR) is 195 cm³/mol. The molecule has 1 saturated heterocycles. The van der Waals surface area contributed by atoms with Crippen molar-refractivity contribution in [1.29, 1.82) is 0 Å². The Balaban J connectivity index is 1.76. The van der Waals surface area contributed by atoms with Gasteiger partial charge in [-0.1, -0.05) is 12.1 Å². The van der Waals surface area contributed by atoms with Crippen LogP contribution >= 0.6 is 0 Å². The Morgan fingerprint density at radius 3 is 1.51 bits per heavy atom. The van der Waals surface area contributed by atoms with Gasteiger partial charge in [0, 0.05) is 57.7 Å². The number of hydroxylamine groups is 2. The number of carboxylic acid groups (broad SMARTS) is 4. The van der Waals surface area contributed by atoms with Gasteiger partial charge in [0.05, 0.1) is 45.4 Å². The number of hydrogen-bond acceptors (Lipinski definition) is 16. The lowest BCUT2D eigenvalue weighted by molar-refractivity contribution is -0.197. The number of benzene rings is 1. The highest BCUT2D eigenvalue weighted by Crippen LogP contribution is 2.14. The van der Waals surface area contributed by atoms with Gasteiger partial charge in [0.15, 0.2) is 0 Å². The second-order valence-corrected chi connectivity index (χ2v) is 12.7. The van der Waals surface area contributed by atoms with Crippen LogP contribution in [0.4, 0.5) is 10.5 Å². The number of nitrogens with zero attached hydrogens (tertiary/aromatic N) is 4. The number of amides is 5. The standard InChI is InChI=1S/C35H46N6O18/c42-25(5-8-32(53)57-17-18-58-33(54)9-10-34(55)59-41-26(43)6-7-27(41)44)36-12-11-23-1-3-24(4-2-23)37-35(56)40(15-13-38(19-28(45)46)20-29(47)48)16-14-39(21-30(49)50)22-31(51)52/h1-4H,5-22H2,(H,36,42)(H,37,56)(H,45,46)(H,47,48)(H,49,50)(H,51,52). The number of carbonyl (C=O) groups is 11. The number of carboxylic acids is 4. The quantitative estimate of drug-likeness (QED) is 0.0314. The molecule has 1 aromatic carbocycles. The van der Waals surface area contributed by atoms with Gasteiger partial charge in [0.2, 0.25) is 5.91 Å². The highest BCUT2D eigenvalue weighted by atomic mass is 16.7. The Kier molecular flexibility index (Phi) is 21.0. The van der Waals surface area contributed by atoms with Crippen LogP contribution in [0.15, 0.2) is 24.3 Å². The average Bonchev–Trinajstić information content (AvgIpc) is 3.46. The zero-order valence-electron chi connectivity index (χ0n) is 31.8. The third-order valence-corrected chi connectivity index (χ3v) is 7.93. The van der Waals surface area contributed by atoms with Crippen LogP contribution in [0.25, 0.3) is 0 Å². The molecule has 0 atom stereocenters. The number of ether oxygens (including phenoxy) is 2. The molecule has 24 heteroatoms. The molecule has 0 saturated carbocycles. The van der Waals surface area contributed by atoms with E-state index in [0.29, 0.717) is 17.2 Å². The van der Waals surface area contributed by atoms with Crippen molar-refractivity contribution in [3.63, 3.8) is 0 Å². The zero-order chi connectivity index (χ0) is 43.9. The van der Waals surface area contributed by atoms with Gasteiger partial charge in [-0.15, -0.1) is 5.06 Å². The highest BCUT2D eigenvalue weighted by Gasteiger charge is 2.33. The van der Waals surface area contributed by atoms with Crippen molar-refractivity contribution < 1.29 is 87.5 Å². The third kappa shape index (κ3) is 20.9. The van der Waals surface area contributed by atoms with Gasteiger partial charge in [0.25, 0.3) is 11.8 Å². The number of nitrogens with one attached hydrogen (secondary N) is 2. The molecule has 1 heterocycles. The summed E-state index contributed by atoms with van der Waals surface area (Å²) in [5.74, 6) is -9.49. The molecule has 0 unspecified atom stereocenters. The smallest absolute Gasteiger partial charge is 0.333 e. The van der Waals surface area contributed by atoms with Gasteiger partial charge >= 0.3 is 47.8 Å². The van der Waals surface area contributed by atoms with E-state index in [2.05, 4.69) is 15.5 Å². The largest absolute Gasteiger partial charge is 0.480 e. The van der Waals surface area contributed by atoms with E-state index in [9.17, 15) is 52.7 Å². The number of esters is 2. The normalized spacial score (nSPS) is 12.2. The number of aliphatic carboxylic acids is 4. The van der Waals surface area contributed by atoms with Crippen molar-refractivity contribution in [2.45, 2.75) is 44.9 Å². The molecule has 59 heavy (non-hydrogen) atoms. The lowest BCUT2D eigenvalue weighted by atomic mass is 10.1. The summed E-state index contributed by atoms with van der Waals surface area (Å²) in [7, 11) is 0. The Morgan fingerprint density at radius 1 is 0.610 bits per heavy atom. The van der Waals surface area contributed by atoms with Gasteiger partial charge in [-0.2, -0.15) is 0 Å². The van der Waals surface area contributed by atoms with E-state index >= 15 is 0 Å². The first kappa shape index (κ1) is 48.5. The van der Waals surface area contributed by atoms with Crippen LogP contribution in [0.2, 0.25) is 0 Å². The van der Waals surface area contributed by atoms with Crippen LogP contribution in [-0.2, 0) is 68.7 Å². The first-order valence-electron chi connectivity index (χ1n) is 18.0. The minimum absolute atomic E-state index is 0.0732. The highest BCUT2D eigenvalue weighted by molar-refractivity contribution is 6.01. The van der Waals surface area contributed by atoms with Crippen LogP contribution in [0.1, 0.15) is 44.1 Å². The monoisotopic (exact) mass is 838 g/mol. The second-order valence-electron chi connectivity index (χ2n) is 12.7. The van der Waals surface area contributed by atoms with Gasteiger partial charge in [-0.25, -0.2) is 9.59 Å². The molecule has 0 aromatic heterocycles. The third-order valence-electron chi connectivity index (χ3n) is 7.93. The van der Waals surface area contributed by atoms with Crippen LogP contribution in [-0.4, -0.2) is 178 Å². The first-order chi connectivity index (χ1) is 27.9. The molecular formula is C35H46N6O18. The topological polar surface area (TPSA) is 333 Å². The summed E-state index contributed by atoms with van der Waals surface area (Å²) in [5.41, 5.74) is 1.07. The maximum absolute atomic E-state index is 13.3. The lowest BCUT2D eigenvalue weighted by Crippen LogP contribution is -2.47. The fourth-order valence-corrected chi connectivity index (χ4v) is 5.10. The minimum atomic E-state index is -1.30.